The van der Waals surface area contributed by atoms with Gasteiger partial charge in [-0.05, 0) is 80.1 Å². The molecular weight excluding hydrogens is 415 g/mol. The Bertz CT molecular complexity index is 940. The van der Waals surface area contributed by atoms with E-state index in [4.69, 9.17) is 5.73 Å². The van der Waals surface area contributed by atoms with Crippen molar-refractivity contribution in [1.82, 2.24) is 5.32 Å². The van der Waals surface area contributed by atoms with Crippen LogP contribution < -0.4 is 16.4 Å². The van der Waals surface area contributed by atoms with Crippen LogP contribution in [-0.2, 0) is 10.3 Å². The van der Waals surface area contributed by atoms with E-state index in [0.29, 0.717) is 17.9 Å². The monoisotopic (exact) mass is 452 g/mol. The molecule has 1 saturated carbocycles. The highest BCUT2D eigenvalue weighted by atomic mass is 19.1. The summed E-state index contributed by atoms with van der Waals surface area (Å²) in [6.45, 7) is 7.84. The molecule has 1 saturated heterocycles. The summed E-state index contributed by atoms with van der Waals surface area (Å²) in [4.78, 5) is 11.4. The third-order valence-corrected chi connectivity index (χ3v) is 5.90. The fraction of sp³-hybridized carbons (Fsp3) is 0.481. The van der Waals surface area contributed by atoms with Crippen LogP contribution in [0.15, 0.2) is 42.5 Å². The Morgan fingerprint density at radius 3 is 2.39 bits per heavy atom. The predicted octanol–water partition coefficient (Wildman–Crippen LogP) is 5.44. The molecule has 0 aromatic heterocycles. The molecule has 4 N–H and O–H groups in total. The number of benzene rings is 2. The van der Waals surface area contributed by atoms with Gasteiger partial charge < -0.3 is 16.4 Å². The Balaban J connectivity index is 0.000000477. The molecule has 1 heterocycles. The molecule has 2 aliphatic rings. The minimum absolute atomic E-state index is 0.118. The van der Waals surface area contributed by atoms with Crippen molar-refractivity contribution in [2.24, 2.45) is 11.7 Å². The average molecular weight is 453 g/mol. The zero-order chi connectivity index (χ0) is 24.3. The number of nitrogens with one attached hydrogen (secondary N) is 2. The Morgan fingerprint density at radius 2 is 1.85 bits per heavy atom. The molecule has 1 amide bonds. The van der Waals surface area contributed by atoms with Crippen molar-refractivity contribution in [3.05, 3.63) is 65.0 Å². The fourth-order valence-electron chi connectivity index (χ4n) is 3.87. The van der Waals surface area contributed by atoms with Gasteiger partial charge in [-0.15, -0.1) is 0 Å². The molecule has 2 fully saturated rings. The maximum absolute atomic E-state index is 14.1. The second-order valence-corrected chi connectivity index (χ2v) is 8.48. The van der Waals surface area contributed by atoms with E-state index in [0.717, 1.165) is 17.5 Å². The van der Waals surface area contributed by atoms with Crippen LogP contribution in [0, 0.1) is 23.1 Å². The Kier molecular flexibility index (Phi) is 10.5. The molecule has 0 spiro atoms. The first kappa shape index (κ1) is 26.5. The number of carbonyl (C=O) groups is 1. The number of nitriles is 1. The average Bonchev–Trinajstić information content (AvgIpc) is 3.46. The molecule has 4 rings (SSSR count). The minimum Gasteiger partial charge on any atom is -0.324 e. The van der Waals surface area contributed by atoms with Gasteiger partial charge in [0.15, 0.2) is 0 Å². The molecule has 0 bridgehead atoms. The van der Waals surface area contributed by atoms with Crippen LogP contribution in [0.5, 0.6) is 0 Å². The van der Waals surface area contributed by atoms with Crippen molar-refractivity contribution in [1.29, 1.82) is 5.26 Å². The summed E-state index contributed by atoms with van der Waals surface area (Å²) in [5.41, 5.74) is 8.19. The zero-order valence-corrected chi connectivity index (χ0v) is 20.1. The molecule has 33 heavy (non-hydrogen) atoms. The molecule has 1 unspecified atom stereocenters. The lowest BCUT2D eigenvalue weighted by Crippen LogP contribution is -2.38. The molecular formula is C27H37FN4O. The molecule has 0 radical (unpaired) electrons. The number of hydrogen-bond donors (Lipinski definition) is 3. The SMILES string of the molecule is C1CCNC1.CC.CC(=O)Nc1cc(C(N)(CCC2CC2)c2cccc(C#N)c2)ccc1F. The summed E-state index contributed by atoms with van der Waals surface area (Å²) >= 11 is 0. The van der Waals surface area contributed by atoms with Gasteiger partial charge in [0.25, 0.3) is 0 Å². The maximum Gasteiger partial charge on any atom is 0.221 e. The van der Waals surface area contributed by atoms with Crippen LogP contribution in [0.4, 0.5) is 10.1 Å². The van der Waals surface area contributed by atoms with Crippen LogP contribution in [0.25, 0.3) is 0 Å². The Morgan fingerprint density at radius 1 is 1.18 bits per heavy atom. The molecule has 6 heteroatoms. The summed E-state index contributed by atoms with van der Waals surface area (Å²) < 4.78 is 14.1. The van der Waals surface area contributed by atoms with Crippen LogP contribution in [0.1, 0.15) is 76.0 Å². The normalized spacial score (nSPS) is 16.2. The van der Waals surface area contributed by atoms with Crippen molar-refractivity contribution < 1.29 is 9.18 Å². The van der Waals surface area contributed by atoms with Crippen molar-refractivity contribution in [2.75, 3.05) is 18.4 Å². The third kappa shape index (κ3) is 7.96. The van der Waals surface area contributed by atoms with Gasteiger partial charge in [-0.2, -0.15) is 5.26 Å². The second kappa shape index (κ2) is 13.1. The number of carbonyl (C=O) groups excluding carboxylic acids is 1. The van der Waals surface area contributed by atoms with Gasteiger partial charge in [0, 0.05) is 6.92 Å². The summed E-state index contributed by atoms with van der Waals surface area (Å²) in [7, 11) is 0. The van der Waals surface area contributed by atoms with Gasteiger partial charge in [0.1, 0.15) is 5.82 Å². The number of rotatable bonds is 6. The van der Waals surface area contributed by atoms with E-state index in [9.17, 15) is 14.4 Å². The highest BCUT2D eigenvalue weighted by Crippen LogP contribution is 2.40. The van der Waals surface area contributed by atoms with Crippen molar-refractivity contribution in [3.63, 3.8) is 0 Å². The number of anilines is 1. The Hall–Kier alpha value is -2.75. The predicted molar refractivity (Wildman–Crippen MR) is 132 cm³/mol. The minimum atomic E-state index is -0.851. The van der Waals surface area contributed by atoms with E-state index in [1.807, 2.05) is 26.0 Å². The Labute approximate surface area is 197 Å². The molecule has 178 valence electrons. The van der Waals surface area contributed by atoms with Crippen molar-refractivity contribution in [3.8, 4) is 6.07 Å². The topological polar surface area (TPSA) is 90.9 Å². The number of amides is 1. The van der Waals surface area contributed by atoms with Gasteiger partial charge in [0.05, 0.1) is 22.9 Å². The largest absolute Gasteiger partial charge is 0.324 e. The van der Waals surface area contributed by atoms with Gasteiger partial charge >= 0.3 is 0 Å². The van der Waals surface area contributed by atoms with E-state index in [-0.39, 0.29) is 11.6 Å². The van der Waals surface area contributed by atoms with Crippen LogP contribution in [0.2, 0.25) is 0 Å². The van der Waals surface area contributed by atoms with Gasteiger partial charge in [-0.3, -0.25) is 4.79 Å². The fourth-order valence-corrected chi connectivity index (χ4v) is 3.87. The van der Waals surface area contributed by atoms with Gasteiger partial charge in [-0.1, -0.05) is 44.9 Å². The summed E-state index contributed by atoms with van der Waals surface area (Å²) in [5, 5.41) is 15.0. The van der Waals surface area contributed by atoms with Crippen molar-refractivity contribution in [2.45, 2.75) is 64.8 Å². The molecule has 2 aromatic carbocycles. The summed E-state index contributed by atoms with van der Waals surface area (Å²) in [6.07, 6.45) is 6.88. The lowest BCUT2D eigenvalue weighted by Gasteiger charge is -2.32. The first-order chi connectivity index (χ1) is 15.9. The summed E-state index contributed by atoms with van der Waals surface area (Å²) in [6, 6.07) is 14.0. The first-order valence-corrected chi connectivity index (χ1v) is 12.0. The number of hydrogen-bond acceptors (Lipinski definition) is 4. The maximum atomic E-state index is 14.1. The molecule has 1 aliphatic heterocycles. The molecule has 5 nitrogen and oxygen atoms in total. The second-order valence-electron chi connectivity index (χ2n) is 8.48. The number of nitrogens with zero attached hydrogens (tertiary/aromatic N) is 1. The van der Waals surface area contributed by atoms with E-state index < -0.39 is 11.4 Å². The molecule has 1 atom stereocenters. The highest BCUT2D eigenvalue weighted by molar-refractivity contribution is 5.88. The standard InChI is InChI=1S/C21H22FN3O.C4H9N.C2H6/c1-14(26)25-20-12-18(7-8-19(20)22)21(24,10-9-15-5-6-15)17-4-2-3-16(11-17)13-23;1-2-4-5-3-1;1-2/h2-4,7-8,11-12,15H,5-6,9-10,24H2,1H3,(H,25,26);5H,1-4H2;1-2H3. The van der Waals surface area contributed by atoms with Crippen LogP contribution in [0.3, 0.4) is 0 Å². The van der Waals surface area contributed by atoms with Crippen LogP contribution >= 0.6 is 0 Å². The lowest BCUT2D eigenvalue weighted by atomic mass is 9.79. The quantitative estimate of drug-likeness (QED) is 0.544. The van der Waals surface area contributed by atoms with Gasteiger partial charge in [-0.25, -0.2) is 4.39 Å². The van der Waals surface area contributed by atoms with Crippen LogP contribution in [-0.4, -0.2) is 19.0 Å². The number of halogens is 1. The van der Waals surface area contributed by atoms with Gasteiger partial charge in [0.2, 0.25) is 5.91 Å². The number of nitrogens with two attached hydrogens (primary N) is 1. The zero-order valence-electron chi connectivity index (χ0n) is 20.1. The van der Waals surface area contributed by atoms with E-state index >= 15 is 0 Å². The van der Waals surface area contributed by atoms with E-state index in [2.05, 4.69) is 16.7 Å². The molecule has 1 aliphatic carbocycles. The summed E-state index contributed by atoms with van der Waals surface area (Å²) in [5.74, 6) is -0.153. The first-order valence-electron chi connectivity index (χ1n) is 12.0. The lowest BCUT2D eigenvalue weighted by molar-refractivity contribution is -0.114. The van der Waals surface area contributed by atoms with E-state index in [1.165, 1.54) is 51.8 Å². The highest BCUT2D eigenvalue weighted by Gasteiger charge is 2.33. The van der Waals surface area contributed by atoms with E-state index in [1.54, 1.807) is 24.3 Å². The third-order valence-electron chi connectivity index (χ3n) is 5.90. The smallest absolute Gasteiger partial charge is 0.221 e. The van der Waals surface area contributed by atoms with Crippen molar-refractivity contribution >= 4 is 11.6 Å². The molecule has 2 aromatic rings.